The smallest absolute Gasteiger partial charge is 0.0528 e. The number of hydrogen-bond acceptors (Lipinski definition) is 3. The Balaban J connectivity index is 1.43. The van der Waals surface area contributed by atoms with Gasteiger partial charge in [-0.3, -0.25) is 0 Å². The van der Waals surface area contributed by atoms with Crippen molar-refractivity contribution in [2.75, 3.05) is 45.9 Å². The normalized spacial score (nSPS) is 34.0. The first-order valence-electron chi connectivity index (χ1n) is 4.87. The van der Waals surface area contributed by atoms with E-state index in [9.17, 15) is 0 Å². The van der Waals surface area contributed by atoms with Crippen molar-refractivity contribution in [1.82, 2.24) is 10.2 Å². The van der Waals surface area contributed by atoms with E-state index < -0.39 is 0 Å². The van der Waals surface area contributed by atoms with E-state index >= 15 is 0 Å². The Kier molecular flexibility index (Phi) is 1.48. The van der Waals surface area contributed by atoms with Crippen LogP contribution in [-0.4, -0.2) is 50.8 Å². The SMILES string of the molecule is C1OCC1CN1CC2(CNC2)C1. The third-order valence-corrected chi connectivity index (χ3v) is 3.34. The van der Waals surface area contributed by atoms with Gasteiger partial charge in [-0.05, 0) is 0 Å². The van der Waals surface area contributed by atoms with Gasteiger partial charge in [-0.25, -0.2) is 0 Å². The van der Waals surface area contributed by atoms with E-state index in [-0.39, 0.29) is 0 Å². The van der Waals surface area contributed by atoms with E-state index in [0.717, 1.165) is 19.1 Å². The highest BCUT2D eigenvalue weighted by Crippen LogP contribution is 2.34. The molecule has 0 atom stereocenters. The number of nitrogens with zero attached hydrogens (tertiary/aromatic N) is 1. The standard InChI is InChI=1S/C9H16N2O/c1(8-2-12-3-8)11-6-9(7-11)4-10-5-9/h8,10H,1-7H2. The minimum atomic E-state index is 0.699. The van der Waals surface area contributed by atoms with Crippen LogP contribution in [0.5, 0.6) is 0 Å². The fourth-order valence-corrected chi connectivity index (χ4v) is 2.49. The topological polar surface area (TPSA) is 24.5 Å². The second-order valence-corrected chi connectivity index (χ2v) is 4.68. The predicted molar refractivity (Wildman–Crippen MR) is 46.1 cm³/mol. The van der Waals surface area contributed by atoms with Crippen molar-refractivity contribution in [1.29, 1.82) is 0 Å². The summed E-state index contributed by atoms with van der Waals surface area (Å²) in [5.74, 6) is 0.843. The molecule has 0 aromatic carbocycles. The fraction of sp³-hybridized carbons (Fsp3) is 1.00. The van der Waals surface area contributed by atoms with Crippen LogP contribution >= 0.6 is 0 Å². The summed E-state index contributed by atoms with van der Waals surface area (Å²) < 4.78 is 5.16. The average molecular weight is 168 g/mol. The number of nitrogens with one attached hydrogen (secondary N) is 1. The third kappa shape index (κ3) is 1.00. The number of hydrogen-bond donors (Lipinski definition) is 1. The third-order valence-electron chi connectivity index (χ3n) is 3.34. The molecule has 3 nitrogen and oxygen atoms in total. The lowest BCUT2D eigenvalue weighted by Crippen LogP contribution is -2.71. The molecule has 3 heterocycles. The summed E-state index contributed by atoms with van der Waals surface area (Å²) in [6, 6.07) is 0. The maximum atomic E-state index is 5.16. The highest BCUT2D eigenvalue weighted by atomic mass is 16.5. The lowest BCUT2D eigenvalue weighted by Gasteiger charge is -2.57. The van der Waals surface area contributed by atoms with Gasteiger partial charge in [0.15, 0.2) is 0 Å². The molecular formula is C9H16N2O. The molecule has 3 saturated heterocycles. The zero-order chi connectivity index (χ0) is 8.02. The zero-order valence-corrected chi connectivity index (χ0v) is 7.38. The summed E-state index contributed by atoms with van der Waals surface area (Å²) in [5, 5.41) is 3.35. The van der Waals surface area contributed by atoms with Gasteiger partial charge in [0, 0.05) is 44.1 Å². The molecule has 3 aliphatic rings. The van der Waals surface area contributed by atoms with E-state index in [1.807, 2.05) is 0 Å². The van der Waals surface area contributed by atoms with Crippen LogP contribution in [0.2, 0.25) is 0 Å². The van der Waals surface area contributed by atoms with E-state index in [1.165, 1.54) is 32.7 Å². The van der Waals surface area contributed by atoms with Crippen LogP contribution in [0.15, 0.2) is 0 Å². The number of likely N-dealkylation sites (tertiary alicyclic amines) is 1. The second kappa shape index (κ2) is 2.44. The molecular weight excluding hydrogens is 152 g/mol. The number of ether oxygens (including phenoxy) is 1. The van der Waals surface area contributed by atoms with Crippen LogP contribution < -0.4 is 5.32 Å². The minimum Gasteiger partial charge on any atom is -0.381 e. The van der Waals surface area contributed by atoms with Gasteiger partial charge in [-0.1, -0.05) is 0 Å². The Labute approximate surface area is 73.1 Å². The van der Waals surface area contributed by atoms with Crippen LogP contribution in [0.4, 0.5) is 0 Å². The Hall–Kier alpha value is -0.120. The molecule has 12 heavy (non-hydrogen) atoms. The Morgan fingerprint density at radius 1 is 1.33 bits per heavy atom. The molecule has 3 heteroatoms. The van der Waals surface area contributed by atoms with Crippen molar-refractivity contribution in [3.05, 3.63) is 0 Å². The summed E-state index contributed by atoms with van der Waals surface area (Å²) in [6.45, 7) is 8.45. The van der Waals surface area contributed by atoms with Crippen LogP contribution in [0.1, 0.15) is 0 Å². The Bertz CT molecular complexity index is 176. The first kappa shape index (κ1) is 7.30. The number of rotatable bonds is 2. The van der Waals surface area contributed by atoms with Crippen molar-refractivity contribution < 1.29 is 4.74 Å². The predicted octanol–water partition coefficient (Wildman–Crippen LogP) is -0.462. The molecule has 1 N–H and O–H groups in total. The van der Waals surface area contributed by atoms with Crippen molar-refractivity contribution in [3.8, 4) is 0 Å². The van der Waals surface area contributed by atoms with Crippen LogP contribution in [0.3, 0.4) is 0 Å². The van der Waals surface area contributed by atoms with Crippen molar-refractivity contribution in [3.63, 3.8) is 0 Å². The lowest BCUT2D eigenvalue weighted by molar-refractivity contribution is -0.0950. The summed E-state index contributed by atoms with van der Waals surface area (Å²) in [6.07, 6.45) is 0. The Morgan fingerprint density at radius 3 is 2.50 bits per heavy atom. The summed E-state index contributed by atoms with van der Waals surface area (Å²) in [7, 11) is 0. The molecule has 68 valence electrons. The monoisotopic (exact) mass is 168 g/mol. The van der Waals surface area contributed by atoms with Crippen molar-refractivity contribution >= 4 is 0 Å². The highest BCUT2D eigenvalue weighted by molar-refractivity contribution is 5.04. The van der Waals surface area contributed by atoms with Gasteiger partial charge in [0.2, 0.25) is 0 Å². The quantitative estimate of drug-likeness (QED) is 0.604. The summed E-state index contributed by atoms with van der Waals surface area (Å²) in [4.78, 5) is 2.58. The molecule has 0 aliphatic carbocycles. The molecule has 0 radical (unpaired) electrons. The van der Waals surface area contributed by atoms with Gasteiger partial charge in [0.05, 0.1) is 13.2 Å². The lowest BCUT2D eigenvalue weighted by atomic mass is 9.74. The largest absolute Gasteiger partial charge is 0.381 e. The zero-order valence-electron chi connectivity index (χ0n) is 7.38. The molecule has 0 unspecified atom stereocenters. The maximum Gasteiger partial charge on any atom is 0.0528 e. The summed E-state index contributed by atoms with van der Waals surface area (Å²) in [5.41, 5.74) is 0.699. The van der Waals surface area contributed by atoms with Gasteiger partial charge < -0.3 is 15.0 Å². The van der Waals surface area contributed by atoms with Gasteiger partial charge in [-0.15, -0.1) is 0 Å². The van der Waals surface area contributed by atoms with Crippen LogP contribution in [0, 0.1) is 11.3 Å². The first-order chi connectivity index (χ1) is 5.86. The van der Waals surface area contributed by atoms with E-state index in [1.54, 1.807) is 0 Å². The molecule has 1 spiro atoms. The van der Waals surface area contributed by atoms with Crippen molar-refractivity contribution in [2.45, 2.75) is 0 Å². The molecule has 0 aromatic rings. The van der Waals surface area contributed by atoms with E-state index in [2.05, 4.69) is 10.2 Å². The van der Waals surface area contributed by atoms with Gasteiger partial charge >= 0.3 is 0 Å². The molecule has 3 fully saturated rings. The molecule has 3 rings (SSSR count). The fourth-order valence-electron chi connectivity index (χ4n) is 2.49. The van der Waals surface area contributed by atoms with Crippen LogP contribution in [-0.2, 0) is 4.74 Å². The minimum absolute atomic E-state index is 0.699. The van der Waals surface area contributed by atoms with Crippen LogP contribution in [0.25, 0.3) is 0 Å². The molecule has 3 aliphatic heterocycles. The highest BCUT2D eigenvalue weighted by Gasteiger charge is 2.47. The van der Waals surface area contributed by atoms with E-state index in [4.69, 9.17) is 4.74 Å². The van der Waals surface area contributed by atoms with Gasteiger partial charge in [0.1, 0.15) is 0 Å². The molecule has 0 aromatic heterocycles. The van der Waals surface area contributed by atoms with Gasteiger partial charge in [-0.2, -0.15) is 0 Å². The Morgan fingerprint density at radius 2 is 2.08 bits per heavy atom. The second-order valence-electron chi connectivity index (χ2n) is 4.68. The average Bonchev–Trinajstić information content (AvgIpc) is 1.76. The van der Waals surface area contributed by atoms with Crippen molar-refractivity contribution in [2.24, 2.45) is 11.3 Å². The van der Waals surface area contributed by atoms with Gasteiger partial charge in [0.25, 0.3) is 0 Å². The first-order valence-corrected chi connectivity index (χ1v) is 4.87. The van der Waals surface area contributed by atoms with E-state index in [0.29, 0.717) is 5.41 Å². The molecule has 0 saturated carbocycles. The molecule has 0 bridgehead atoms. The molecule has 0 amide bonds. The maximum absolute atomic E-state index is 5.16. The summed E-state index contributed by atoms with van der Waals surface area (Å²) >= 11 is 0.